The molecule has 2 aromatic rings. The predicted octanol–water partition coefficient (Wildman–Crippen LogP) is 4.33. The second-order valence-electron chi connectivity index (χ2n) is 5.67. The van der Waals surface area contributed by atoms with E-state index in [0.29, 0.717) is 6.61 Å². The van der Waals surface area contributed by atoms with Gasteiger partial charge < -0.3 is 14.4 Å². The molecule has 1 atom stereocenters. The van der Waals surface area contributed by atoms with Crippen LogP contribution in [0.5, 0.6) is 11.5 Å². The third-order valence-electron chi connectivity index (χ3n) is 4.14. The molecule has 0 spiro atoms. The fourth-order valence-electron chi connectivity index (χ4n) is 2.59. The van der Waals surface area contributed by atoms with Crippen LogP contribution in [0.25, 0.3) is 6.08 Å². The van der Waals surface area contributed by atoms with Crippen LogP contribution >= 0.6 is 0 Å². The number of methoxy groups -OCH3 is 1. The number of amides is 1. The Balaban J connectivity index is 2.15. The van der Waals surface area contributed by atoms with Gasteiger partial charge in [0.1, 0.15) is 11.5 Å². The van der Waals surface area contributed by atoms with Crippen molar-refractivity contribution >= 4 is 12.0 Å². The smallest absolute Gasteiger partial charge is 0.246 e. The van der Waals surface area contributed by atoms with Crippen molar-refractivity contribution in [3.05, 3.63) is 65.7 Å². The first-order chi connectivity index (χ1) is 12.1. The molecule has 25 heavy (non-hydrogen) atoms. The minimum Gasteiger partial charge on any atom is -0.496 e. The van der Waals surface area contributed by atoms with Crippen molar-refractivity contribution in [3.8, 4) is 11.5 Å². The van der Waals surface area contributed by atoms with E-state index in [9.17, 15) is 4.79 Å². The highest BCUT2D eigenvalue weighted by Gasteiger charge is 2.18. The number of hydrogen-bond donors (Lipinski definition) is 0. The molecule has 1 amide bonds. The maximum absolute atomic E-state index is 12.6. The molecule has 0 saturated carbocycles. The lowest BCUT2D eigenvalue weighted by Crippen LogP contribution is -2.28. The summed E-state index contributed by atoms with van der Waals surface area (Å²) in [4.78, 5) is 14.2. The van der Waals surface area contributed by atoms with Gasteiger partial charge in [-0.3, -0.25) is 4.79 Å². The van der Waals surface area contributed by atoms with Crippen molar-refractivity contribution in [1.82, 2.24) is 4.90 Å². The van der Waals surface area contributed by atoms with Gasteiger partial charge in [-0.25, -0.2) is 0 Å². The lowest BCUT2D eigenvalue weighted by molar-refractivity contribution is -0.126. The third-order valence-corrected chi connectivity index (χ3v) is 4.14. The Morgan fingerprint density at radius 1 is 1.12 bits per heavy atom. The molecule has 4 nitrogen and oxygen atoms in total. The van der Waals surface area contributed by atoms with E-state index in [4.69, 9.17) is 9.47 Å². The predicted molar refractivity (Wildman–Crippen MR) is 101 cm³/mol. The van der Waals surface area contributed by atoms with Gasteiger partial charge in [0.05, 0.1) is 19.8 Å². The second-order valence-corrected chi connectivity index (χ2v) is 5.67. The molecule has 0 radical (unpaired) electrons. The quantitative estimate of drug-likeness (QED) is 0.705. The van der Waals surface area contributed by atoms with Gasteiger partial charge >= 0.3 is 0 Å². The van der Waals surface area contributed by atoms with E-state index in [1.807, 2.05) is 62.4 Å². The number of rotatable bonds is 7. The average molecular weight is 339 g/mol. The summed E-state index contributed by atoms with van der Waals surface area (Å²) in [7, 11) is 3.43. The van der Waals surface area contributed by atoms with Crippen molar-refractivity contribution in [3.63, 3.8) is 0 Å². The summed E-state index contributed by atoms with van der Waals surface area (Å²) in [6, 6.07) is 15.3. The Labute approximate surface area is 149 Å². The van der Waals surface area contributed by atoms with Crippen LogP contribution in [0.3, 0.4) is 0 Å². The summed E-state index contributed by atoms with van der Waals surface area (Å²) in [5.74, 6) is 1.47. The van der Waals surface area contributed by atoms with Crippen LogP contribution in [-0.2, 0) is 4.79 Å². The summed E-state index contributed by atoms with van der Waals surface area (Å²) < 4.78 is 11.0. The van der Waals surface area contributed by atoms with E-state index in [1.165, 1.54) is 0 Å². The van der Waals surface area contributed by atoms with Gasteiger partial charge in [0, 0.05) is 24.3 Å². The van der Waals surface area contributed by atoms with Crippen LogP contribution in [0, 0.1) is 0 Å². The molecule has 0 N–H and O–H groups in total. The number of carbonyl (C=O) groups excluding carboxylic acids is 1. The molecule has 0 unspecified atom stereocenters. The first kappa shape index (κ1) is 18.6. The van der Waals surface area contributed by atoms with Crippen LogP contribution in [-0.4, -0.2) is 31.6 Å². The van der Waals surface area contributed by atoms with Crippen LogP contribution in [0.2, 0.25) is 0 Å². The summed E-state index contributed by atoms with van der Waals surface area (Å²) in [5.41, 5.74) is 1.86. The zero-order valence-corrected chi connectivity index (χ0v) is 15.2. The van der Waals surface area contributed by atoms with Gasteiger partial charge in [0.2, 0.25) is 5.91 Å². The fourth-order valence-corrected chi connectivity index (χ4v) is 2.59. The van der Waals surface area contributed by atoms with Gasteiger partial charge in [-0.05, 0) is 32.1 Å². The van der Waals surface area contributed by atoms with Crippen molar-refractivity contribution in [2.75, 3.05) is 20.8 Å². The van der Waals surface area contributed by atoms with E-state index in [2.05, 4.69) is 0 Å². The highest BCUT2D eigenvalue weighted by molar-refractivity contribution is 5.92. The van der Waals surface area contributed by atoms with Crippen LogP contribution in [0.15, 0.2) is 54.6 Å². The normalized spacial score (nSPS) is 12.0. The zero-order chi connectivity index (χ0) is 18.2. The molecule has 0 saturated heterocycles. The lowest BCUT2D eigenvalue weighted by atomic mass is 10.1. The average Bonchev–Trinajstić information content (AvgIpc) is 2.66. The summed E-state index contributed by atoms with van der Waals surface area (Å²) in [5, 5.41) is 0. The van der Waals surface area contributed by atoms with Gasteiger partial charge in [-0.15, -0.1) is 0 Å². The SMILES string of the molecule is CCOc1ccccc1/C=C/C(=O)N(C)[C@H](C)c1ccccc1OC. The Bertz CT molecular complexity index is 739. The zero-order valence-electron chi connectivity index (χ0n) is 15.2. The number of nitrogens with zero attached hydrogens (tertiary/aromatic N) is 1. The van der Waals surface area contributed by atoms with Crippen molar-refractivity contribution in [2.45, 2.75) is 19.9 Å². The van der Waals surface area contributed by atoms with E-state index in [-0.39, 0.29) is 11.9 Å². The van der Waals surface area contributed by atoms with Crippen LogP contribution in [0.4, 0.5) is 0 Å². The lowest BCUT2D eigenvalue weighted by Gasteiger charge is -2.25. The van der Waals surface area contributed by atoms with Gasteiger partial charge in [0.15, 0.2) is 0 Å². The van der Waals surface area contributed by atoms with E-state index in [1.54, 1.807) is 31.2 Å². The van der Waals surface area contributed by atoms with Gasteiger partial charge in [-0.2, -0.15) is 0 Å². The monoisotopic (exact) mass is 339 g/mol. The topological polar surface area (TPSA) is 38.8 Å². The molecule has 0 bridgehead atoms. The number of benzene rings is 2. The molecule has 0 aliphatic rings. The molecule has 132 valence electrons. The highest BCUT2D eigenvalue weighted by Crippen LogP contribution is 2.28. The molecule has 2 rings (SSSR count). The molecule has 0 heterocycles. The second kappa shape index (κ2) is 8.92. The van der Waals surface area contributed by atoms with Gasteiger partial charge in [-0.1, -0.05) is 36.4 Å². The van der Waals surface area contributed by atoms with Crippen molar-refractivity contribution < 1.29 is 14.3 Å². The number of likely N-dealkylation sites (N-methyl/N-ethyl adjacent to an activating group) is 1. The summed E-state index contributed by atoms with van der Waals surface area (Å²) >= 11 is 0. The Morgan fingerprint density at radius 2 is 1.76 bits per heavy atom. The molecule has 2 aromatic carbocycles. The van der Waals surface area contributed by atoms with E-state index < -0.39 is 0 Å². The number of hydrogen-bond acceptors (Lipinski definition) is 3. The first-order valence-electron chi connectivity index (χ1n) is 8.38. The number of ether oxygens (including phenoxy) is 2. The fraction of sp³-hybridized carbons (Fsp3) is 0.286. The van der Waals surface area contributed by atoms with E-state index >= 15 is 0 Å². The molecule has 0 fully saturated rings. The standard InChI is InChI=1S/C21H25NO3/c1-5-25-19-12-8-6-10-17(19)14-15-21(23)22(3)16(2)18-11-7-9-13-20(18)24-4/h6-16H,5H2,1-4H3/b15-14+/t16-/m1/s1. The third kappa shape index (κ3) is 4.63. The first-order valence-corrected chi connectivity index (χ1v) is 8.38. The van der Waals surface area contributed by atoms with Crippen molar-refractivity contribution in [2.24, 2.45) is 0 Å². The molecule has 4 heteroatoms. The van der Waals surface area contributed by atoms with Crippen molar-refractivity contribution in [1.29, 1.82) is 0 Å². The maximum atomic E-state index is 12.6. The molecule has 0 aliphatic heterocycles. The van der Waals surface area contributed by atoms with E-state index in [0.717, 1.165) is 22.6 Å². The minimum absolute atomic E-state index is 0.0790. The number of para-hydroxylation sites is 2. The summed E-state index contributed by atoms with van der Waals surface area (Å²) in [6.07, 6.45) is 3.36. The molecular weight excluding hydrogens is 314 g/mol. The van der Waals surface area contributed by atoms with Crippen LogP contribution < -0.4 is 9.47 Å². The summed E-state index contributed by atoms with van der Waals surface area (Å²) in [6.45, 7) is 4.51. The molecule has 0 aromatic heterocycles. The molecule has 0 aliphatic carbocycles. The van der Waals surface area contributed by atoms with Gasteiger partial charge in [0.25, 0.3) is 0 Å². The Morgan fingerprint density at radius 3 is 2.44 bits per heavy atom. The molecular formula is C21H25NO3. The highest BCUT2D eigenvalue weighted by atomic mass is 16.5. The number of carbonyl (C=O) groups is 1. The Hall–Kier alpha value is -2.75. The largest absolute Gasteiger partial charge is 0.496 e. The minimum atomic E-state index is -0.101. The Kier molecular flexibility index (Phi) is 6.63. The van der Waals surface area contributed by atoms with Crippen LogP contribution in [0.1, 0.15) is 31.0 Å². The maximum Gasteiger partial charge on any atom is 0.246 e.